The first kappa shape index (κ1) is 16.9. The number of carbonyl (C=O) groups is 1. The first-order valence-corrected chi connectivity index (χ1v) is 7.36. The van der Waals surface area contributed by atoms with Crippen LogP contribution in [-0.2, 0) is 9.53 Å². The molecule has 1 rings (SSSR count). The first-order valence-electron chi connectivity index (χ1n) is 7.36. The summed E-state index contributed by atoms with van der Waals surface area (Å²) in [5, 5.41) is 13.2. The number of rotatable bonds is 1. The maximum atomic E-state index is 11.6. The number of nitrogens with one attached hydrogen (secondary N) is 1. The average molecular weight is 281 g/mol. The van der Waals surface area contributed by atoms with Crippen molar-refractivity contribution in [2.24, 2.45) is 5.92 Å². The fourth-order valence-corrected chi connectivity index (χ4v) is 2.34. The van der Waals surface area contributed by atoms with Crippen LogP contribution in [0.25, 0.3) is 0 Å². The second kappa shape index (κ2) is 8.93. The summed E-state index contributed by atoms with van der Waals surface area (Å²) in [6.45, 7) is 4.47. The molecule has 1 heterocycles. The van der Waals surface area contributed by atoms with Crippen molar-refractivity contribution in [3.63, 3.8) is 0 Å². The molecule has 3 atom stereocenters. The van der Waals surface area contributed by atoms with E-state index < -0.39 is 6.10 Å². The van der Waals surface area contributed by atoms with Gasteiger partial charge in [-0.2, -0.15) is 0 Å². The molecule has 0 saturated heterocycles. The van der Waals surface area contributed by atoms with Crippen molar-refractivity contribution >= 4 is 5.91 Å². The Morgan fingerprint density at radius 2 is 2.15 bits per heavy atom. The van der Waals surface area contributed by atoms with Gasteiger partial charge in [-0.25, -0.2) is 0 Å². The molecule has 1 aliphatic rings. The van der Waals surface area contributed by atoms with Crippen LogP contribution in [0, 0.1) is 5.92 Å². The quantitative estimate of drug-likeness (QED) is 0.724. The molecule has 0 bridgehead atoms. The number of carbonyl (C=O) groups excluding carboxylic acids is 1. The molecule has 2 N–H and O–H groups in total. The Balaban J connectivity index is 2.78. The van der Waals surface area contributed by atoms with Crippen LogP contribution in [0.2, 0.25) is 0 Å². The maximum Gasteiger partial charge on any atom is 0.220 e. The fraction of sp³-hybridized carbons (Fsp3) is 0.688. The average Bonchev–Trinajstić information content (AvgIpc) is 2.43. The molecule has 1 aliphatic heterocycles. The van der Waals surface area contributed by atoms with Crippen molar-refractivity contribution in [2.75, 3.05) is 13.7 Å². The monoisotopic (exact) mass is 281 g/mol. The van der Waals surface area contributed by atoms with E-state index in [0.717, 1.165) is 24.8 Å². The Labute approximate surface area is 121 Å². The predicted molar refractivity (Wildman–Crippen MR) is 80.3 cm³/mol. The van der Waals surface area contributed by atoms with Crippen LogP contribution in [-0.4, -0.2) is 36.9 Å². The molecule has 0 radical (unpaired) electrons. The second-order valence-corrected chi connectivity index (χ2v) is 5.51. The molecule has 4 heteroatoms. The highest BCUT2D eigenvalue weighted by Crippen LogP contribution is 2.15. The summed E-state index contributed by atoms with van der Waals surface area (Å²) < 4.78 is 5.35. The first-order chi connectivity index (χ1) is 9.54. The van der Waals surface area contributed by atoms with Crippen molar-refractivity contribution in [1.29, 1.82) is 0 Å². The Morgan fingerprint density at radius 3 is 2.85 bits per heavy atom. The molecule has 0 saturated carbocycles. The maximum absolute atomic E-state index is 11.6. The van der Waals surface area contributed by atoms with Crippen LogP contribution in [0.1, 0.15) is 39.5 Å². The van der Waals surface area contributed by atoms with Gasteiger partial charge in [0.05, 0.1) is 6.10 Å². The Kier molecular flexibility index (Phi) is 7.55. The molecule has 1 amide bonds. The minimum Gasteiger partial charge on any atom is -0.389 e. The zero-order valence-corrected chi connectivity index (χ0v) is 12.8. The van der Waals surface area contributed by atoms with Gasteiger partial charge in [0, 0.05) is 26.0 Å². The van der Waals surface area contributed by atoms with Crippen molar-refractivity contribution in [2.45, 2.75) is 51.7 Å². The van der Waals surface area contributed by atoms with Crippen molar-refractivity contribution in [3.05, 3.63) is 23.8 Å². The van der Waals surface area contributed by atoms with E-state index >= 15 is 0 Å². The normalized spacial score (nSPS) is 34.5. The number of hydrogen-bond donors (Lipinski definition) is 2. The number of allylic oxidation sites excluding steroid dienone is 1. The number of amides is 1. The summed E-state index contributed by atoms with van der Waals surface area (Å²) in [7, 11) is 1.62. The van der Waals surface area contributed by atoms with Gasteiger partial charge in [-0.15, -0.1) is 0 Å². The summed E-state index contributed by atoms with van der Waals surface area (Å²) in [4.78, 5) is 11.6. The lowest BCUT2D eigenvalue weighted by molar-refractivity contribution is -0.121. The highest BCUT2D eigenvalue weighted by Gasteiger charge is 2.21. The van der Waals surface area contributed by atoms with Crippen LogP contribution in [0.5, 0.6) is 0 Å². The summed E-state index contributed by atoms with van der Waals surface area (Å²) in [5.74, 6) is 0.0752. The lowest BCUT2D eigenvalue weighted by Crippen LogP contribution is -2.32. The molecule has 1 unspecified atom stereocenters. The minimum atomic E-state index is -0.579. The van der Waals surface area contributed by atoms with Gasteiger partial charge in [-0.05, 0) is 26.2 Å². The van der Waals surface area contributed by atoms with E-state index in [4.69, 9.17) is 4.74 Å². The number of ether oxygens (including phenoxy) is 1. The molecule has 4 nitrogen and oxygen atoms in total. The largest absolute Gasteiger partial charge is 0.389 e. The van der Waals surface area contributed by atoms with E-state index in [9.17, 15) is 9.90 Å². The van der Waals surface area contributed by atoms with E-state index in [0.29, 0.717) is 13.0 Å². The van der Waals surface area contributed by atoms with Gasteiger partial charge in [0.1, 0.15) is 6.10 Å². The summed E-state index contributed by atoms with van der Waals surface area (Å²) >= 11 is 0. The minimum absolute atomic E-state index is 0.0237. The van der Waals surface area contributed by atoms with Crippen LogP contribution in [0.4, 0.5) is 0 Å². The van der Waals surface area contributed by atoms with Gasteiger partial charge in [-0.3, -0.25) is 4.79 Å². The van der Waals surface area contributed by atoms with E-state index in [2.05, 4.69) is 5.32 Å². The van der Waals surface area contributed by atoms with Crippen LogP contribution >= 0.6 is 0 Å². The van der Waals surface area contributed by atoms with Gasteiger partial charge in [0.15, 0.2) is 0 Å². The lowest BCUT2D eigenvalue weighted by atomic mass is 9.96. The second-order valence-electron chi connectivity index (χ2n) is 5.51. The molecular formula is C16H27NO3. The molecule has 114 valence electrons. The third-order valence-electron chi connectivity index (χ3n) is 3.61. The molecule has 0 aromatic heterocycles. The summed E-state index contributed by atoms with van der Waals surface area (Å²) in [6.07, 6.45) is 8.43. The van der Waals surface area contributed by atoms with Crippen molar-refractivity contribution in [1.82, 2.24) is 5.32 Å². The molecule has 20 heavy (non-hydrogen) atoms. The Hall–Kier alpha value is -1.13. The summed E-state index contributed by atoms with van der Waals surface area (Å²) in [6, 6.07) is 0. The van der Waals surface area contributed by atoms with E-state index in [-0.39, 0.29) is 17.9 Å². The molecule has 0 aromatic rings. The topological polar surface area (TPSA) is 58.6 Å². The highest BCUT2D eigenvalue weighted by molar-refractivity contribution is 5.76. The third-order valence-corrected chi connectivity index (χ3v) is 3.61. The fourth-order valence-electron chi connectivity index (χ4n) is 2.34. The molecule has 0 spiro atoms. The van der Waals surface area contributed by atoms with Gasteiger partial charge in [0.25, 0.3) is 0 Å². The zero-order valence-electron chi connectivity index (χ0n) is 12.8. The van der Waals surface area contributed by atoms with Gasteiger partial charge in [0.2, 0.25) is 5.91 Å². The molecule has 0 aliphatic carbocycles. The lowest BCUT2D eigenvalue weighted by Gasteiger charge is -2.23. The third kappa shape index (κ3) is 5.88. The summed E-state index contributed by atoms with van der Waals surface area (Å²) in [5.41, 5.74) is 1.06. The van der Waals surface area contributed by atoms with Gasteiger partial charge in [-0.1, -0.05) is 30.7 Å². The molecular weight excluding hydrogens is 254 g/mol. The van der Waals surface area contributed by atoms with Crippen LogP contribution in [0.3, 0.4) is 0 Å². The Morgan fingerprint density at radius 1 is 1.40 bits per heavy atom. The van der Waals surface area contributed by atoms with Crippen LogP contribution < -0.4 is 5.32 Å². The van der Waals surface area contributed by atoms with Crippen molar-refractivity contribution in [3.8, 4) is 0 Å². The van der Waals surface area contributed by atoms with E-state index in [1.165, 1.54) is 0 Å². The van der Waals surface area contributed by atoms with Gasteiger partial charge >= 0.3 is 0 Å². The zero-order chi connectivity index (χ0) is 15.0. The molecule has 0 aromatic carbocycles. The number of hydrogen-bond acceptors (Lipinski definition) is 3. The van der Waals surface area contributed by atoms with Crippen molar-refractivity contribution < 1.29 is 14.6 Å². The highest BCUT2D eigenvalue weighted by atomic mass is 16.5. The number of aliphatic hydroxyl groups excluding tert-OH is 1. The van der Waals surface area contributed by atoms with Gasteiger partial charge < -0.3 is 15.2 Å². The van der Waals surface area contributed by atoms with Crippen LogP contribution in [0.15, 0.2) is 23.8 Å². The SMILES string of the molecule is COC1/C=C/CCCCC(=O)NC/C(C)=C\[C@@H](C)[C@@H]1O. The Bertz CT molecular complexity index is 363. The number of methoxy groups -OCH3 is 1. The van der Waals surface area contributed by atoms with E-state index in [1.54, 1.807) is 7.11 Å². The number of aliphatic hydroxyl groups is 1. The predicted octanol–water partition coefficient (Wildman–Crippen LogP) is 2.19. The smallest absolute Gasteiger partial charge is 0.220 e. The standard InChI is InChI=1S/C16H27NO3/c1-12-10-13(2)16(19)14(20-3)8-6-4-5-7-9-15(18)17-11-12/h6,8,10,13-14,16,19H,4-5,7,9,11H2,1-3H3,(H,17,18)/b8-6+,12-10-/t13-,14?,16+/m1/s1. The molecule has 0 fully saturated rings. The van der Waals surface area contributed by atoms with E-state index in [1.807, 2.05) is 32.1 Å².